The molecule has 1 aliphatic heterocycles. The van der Waals surface area contributed by atoms with Crippen LogP contribution in [-0.2, 0) is 43.3 Å². The Morgan fingerprint density at radius 3 is 2.47 bits per heavy atom. The van der Waals surface area contributed by atoms with E-state index in [0.717, 1.165) is 16.9 Å². The summed E-state index contributed by atoms with van der Waals surface area (Å²) in [5, 5.41) is 20.5. The Bertz CT molecular complexity index is 1830. The topological polar surface area (TPSA) is 123 Å². The van der Waals surface area contributed by atoms with Crippen LogP contribution in [0.3, 0.4) is 0 Å². The Kier molecular flexibility index (Phi) is 9.43. The van der Waals surface area contributed by atoms with Gasteiger partial charge in [0.2, 0.25) is 0 Å². The molecule has 0 fully saturated rings. The first-order chi connectivity index (χ1) is 22.3. The quantitative estimate of drug-likeness (QED) is 0.238. The van der Waals surface area contributed by atoms with Crippen molar-refractivity contribution in [3.8, 4) is 11.8 Å². The number of hydrogen-bond acceptors (Lipinski definition) is 9. The van der Waals surface area contributed by atoms with Gasteiger partial charge in [0, 0.05) is 18.8 Å². The SMILES string of the molecule is COc1ccc(Cn2ncc(NC(C)COCc3cc4n(n3)CCN(c3ncc(C(F)(F)F)cc3C#N)C4)c(C(F)(F)F)c2=O)cc1. The first-order valence-corrected chi connectivity index (χ1v) is 14.2. The van der Waals surface area contributed by atoms with Crippen molar-refractivity contribution in [1.29, 1.82) is 5.26 Å². The number of aromatic nitrogens is 5. The molecule has 0 radical (unpaired) electrons. The fourth-order valence-electron chi connectivity index (χ4n) is 5.06. The van der Waals surface area contributed by atoms with Crippen molar-refractivity contribution in [2.24, 2.45) is 0 Å². The molecular weight excluding hydrogens is 634 g/mol. The number of fused-ring (bicyclic) bond motifs is 1. The van der Waals surface area contributed by atoms with E-state index in [-0.39, 0.29) is 37.7 Å². The number of nitrogens with one attached hydrogen (secondary N) is 1. The van der Waals surface area contributed by atoms with E-state index in [9.17, 15) is 36.4 Å². The van der Waals surface area contributed by atoms with Gasteiger partial charge < -0.3 is 19.7 Å². The van der Waals surface area contributed by atoms with Gasteiger partial charge in [-0.3, -0.25) is 9.48 Å². The number of alkyl halides is 6. The molecular formula is C30H28F6N8O3. The lowest BCUT2D eigenvalue weighted by atomic mass is 10.1. The third kappa shape index (κ3) is 7.65. The summed E-state index contributed by atoms with van der Waals surface area (Å²) in [6.45, 7) is 2.34. The Morgan fingerprint density at radius 2 is 1.81 bits per heavy atom. The number of hydrogen-bond donors (Lipinski definition) is 1. The normalized spacial score (nSPS) is 14.0. The van der Waals surface area contributed by atoms with Crippen molar-refractivity contribution < 1.29 is 35.8 Å². The number of methoxy groups -OCH3 is 1. The van der Waals surface area contributed by atoms with Gasteiger partial charge in [-0.15, -0.1) is 0 Å². The van der Waals surface area contributed by atoms with Crippen molar-refractivity contribution >= 4 is 11.5 Å². The number of benzene rings is 1. The van der Waals surface area contributed by atoms with Gasteiger partial charge in [0.15, 0.2) is 0 Å². The first kappa shape index (κ1) is 33.3. The summed E-state index contributed by atoms with van der Waals surface area (Å²) in [6, 6.07) is 10.1. The lowest BCUT2D eigenvalue weighted by Crippen LogP contribution is -2.35. The number of nitrogens with zero attached hydrogens (tertiary/aromatic N) is 7. The first-order valence-electron chi connectivity index (χ1n) is 14.2. The maximum Gasteiger partial charge on any atom is 0.423 e. The van der Waals surface area contributed by atoms with E-state index in [0.29, 0.717) is 42.0 Å². The highest BCUT2D eigenvalue weighted by Gasteiger charge is 2.38. The van der Waals surface area contributed by atoms with Crippen molar-refractivity contribution in [2.75, 3.05) is 30.5 Å². The highest BCUT2D eigenvalue weighted by atomic mass is 19.4. The highest BCUT2D eigenvalue weighted by molar-refractivity contribution is 5.55. The average molecular weight is 663 g/mol. The maximum atomic E-state index is 14.0. The number of pyridine rings is 1. The second-order valence-electron chi connectivity index (χ2n) is 10.8. The number of halogens is 6. The van der Waals surface area contributed by atoms with Crippen LogP contribution in [0.5, 0.6) is 5.75 Å². The number of ether oxygens (including phenoxy) is 2. The molecule has 1 atom stereocenters. The Labute approximate surface area is 264 Å². The predicted molar refractivity (Wildman–Crippen MR) is 156 cm³/mol. The van der Waals surface area contributed by atoms with Crippen LogP contribution in [-0.4, -0.2) is 50.8 Å². The molecule has 47 heavy (non-hydrogen) atoms. The maximum absolute atomic E-state index is 14.0. The van der Waals surface area contributed by atoms with Crippen LogP contribution < -0.4 is 20.5 Å². The zero-order valence-corrected chi connectivity index (χ0v) is 25.1. The largest absolute Gasteiger partial charge is 0.497 e. The predicted octanol–water partition coefficient (Wildman–Crippen LogP) is 4.84. The van der Waals surface area contributed by atoms with Crippen LogP contribution in [0.2, 0.25) is 0 Å². The molecule has 0 aliphatic carbocycles. The summed E-state index contributed by atoms with van der Waals surface area (Å²) in [4.78, 5) is 18.4. The Morgan fingerprint density at radius 1 is 1.06 bits per heavy atom. The van der Waals surface area contributed by atoms with Gasteiger partial charge in [-0.2, -0.15) is 41.8 Å². The molecule has 1 N–H and O–H groups in total. The van der Waals surface area contributed by atoms with Gasteiger partial charge in [0.1, 0.15) is 23.2 Å². The number of rotatable bonds is 10. The summed E-state index contributed by atoms with van der Waals surface area (Å²) in [7, 11) is 1.48. The highest BCUT2D eigenvalue weighted by Crippen LogP contribution is 2.33. The van der Waals surface area contributed by atoms with Crippen molar-refractivity contribution in [1.82, 2.24) is 24.5 Å². The molecule has 11 nitrogen and oxygen atoms in total. The van der Waals surface area contributed by atoms with Gasteiger partial charge in [-0.25, -0.2) is 9.67 Å². The fraction of sp³-hybridized carbons (Fsp3) is 0.367. The molecule has 1 aliphatic rings. The molecule has 5 rings (SSSR count). The van der Waals surface area contributed by atoms with Gasteiger partial charge in [-0.05, 0) is 36.8 Å². The molecule has 248 valence electrons. The van der Waals surface area contributed by atoms with Crippen molar-refractivity contribution in [3.05, 3.63) is 92.8 Å². The zero-order valence-electron chi connectivity index (χ0n) is 25.1. The van der Waals surface area contributed by atoms with E-state index in [1.807, 2.05) is 0 Å². The van der Waals surface area contributed by atoms with Gasteiger partial charge >= 0.3 is 12.4 Å². The van der Waals surface area contributed by atoms with Gasteiger partial charge in [-0.1, -0.05) is 12.1 Å². The lowest BCUT2D eigenvalue weighted by Gasteiger charge is -2.29. The molecule has 3 aromatic heterocycles. The molecule has 0 saturated heterocycles. The van der Waals surface area contributed by atoms with E-state index in [1.165, 1.54) is 7.11 Å². The molecule has 0 bridgehead atoms. The molecule has 0 amide bonds. The number of anilines is 2. The summed E-state index contributed by atoms with van der Waals surface area (Å²) >= 11 is 0. The van der Waals surface area contributed by atoms with Crippen LogP contribution >= 0.6 is 0 Å². The number of nitriles is 1. The standard InChI is InChI=1S/C30H28F6N8O3/c1-18(40-25-13-39-44(28(45)26(25)30(34,35)36)14-19-3-5-24(46-2)6-4-19)16-47-17-22-10-23-15-42(7-8-43(23)41-22)27-20(11-37)9-21(12-38-27)29(31,32)33/h3-6,9-10,12-13,18,40H,7-8,14-17H2,1-2H3. The van der Waals surface area contributed by atoms with Crippen LogP contribution in [0.25, 0.3) is 0 Å². The Balaban J connectivity index is 1.20. The zero-order chi connectivity index (χ0) is 33.9. The van der Waals surface area contributed by atoms with Gasteiger partial charge in [0.05, 0.1) is 74.4 Å². The van der Waals surface area contributed by atoms with E-state index in [2.05, 4.69) is 20.5 Å². The van der Waals surface area contributed by atoms with E-state index >= 15 is 0 Å². The lowest BCUT2D eigenvalue weighted by molar-refractivity contribution is -0.139. The summed E-state index contributed by atoms with van der Waals surface area (Å²) < 4.78 is 94.4. The minimum absolute atomic E-state index is 0.0157. The second kappa shape index (κ2) is 13.3. The average Bonchev–Trinajstić information content (AvgIpc) is 3.43. The third-order valence-corrected chi connectivity index (χ3v) is 7.30. The molecule has 0 spiro atoms. The third-order valence-electron chi connectivity index (χ3n) is 7.30. The molecule has 0 saturated carbocycles. The Hall–Kier alpha value is -5.11. The summed E-state index contributed by atoms with van der Waals surface area (Å²) in [5.41, 5.74) is -2.56. The second-order valence-corrected chi connectivity index (χ2v) is 10.8. The molecule has 17 heteroatoms. The molecule has 4 aromatic rings. The van der Waals surface area contributed by atoms with Crippen LogP contribution in [0.15, 0.2) is 53.6 Å². The summed E-state index contributed by atoms with van der Waals surface area (Å²) in [6.07, 6.45) is -7.92. The minimum Gasteiger partial charge on any atom is -0.497 e. The molecule has 4 heterocycles. The molecule has 1 aromatic carbocycles. The summed E-state index contributed by atoms with van der Waals surface area (Å²) in [5.74, 6) is 0.691. The minimum atomic E-state index is -4.95. The smallest absolute Gasteiger partial charge is 0.423 e. The van der Waals surface area contributed by atoms with E-state index in [1.54, 1.807) is 52.9 Å². The van der Waals surface area contributed by atoms with Crippen LogP contribution in [0.1, 0.15) is 40.6 Å². The van der Waals surface area contributed by atoms with E-state index in [4.69, 9.17) is 9.47 Å². The van der Waals surface area contributed by atoms with E-state index < -0.39 is 40.8 Å². The monoisotopic (exact) mass is 662 g/mol. The fourth-order valence-corrected chi connectivity index (χ4v) is 5.06. The van der Waals surface area contributed by atoms with Crippen molar-refractivity contribution in [3.63, 3.8) is 0 Å². The van der Waals surface area contributed by atoms with Crippen molar-refractivity contribution in [2.45, 2.75) is 51.6 Å². The van der Waals surface area contributed by atoms with Gasteiger partial charge in [0.25, 0.3) is 5.56 Å². The molecule has 1 unspecified atom stereocenters. The van der Waals surface area contributed by atoms with Crippen LogP contribution in [0.4, 0.5) is 37.8 Å². The van der Waals surface area contributed by atoms with Crippen LogP contribution in [0, 0.1) is 11.3 Å².